The van der Waals surface area contributed by atoms with E-state index < -0.39 is 8.32 Å². The predicted molar refractivity (Wildman–Crippen MR) is 117 cm³/mol. The average molecular weight is 438 g/mol. The van der Waals surface area contributed by atoms with Crippen LogP contribution in [-0.4, -0.2) is 19.8 Å². The molecule has 4 rings (SSSR count). The van der Waals surface area contributed by atoms with E-state index >= 15 is 0 Å². The zero-order valence-corrected chi connectivity index (χ0v) is 19.8. The van der Waals surface area contributed by atoms with Crippen molar-refractivity contribution in [2.75, 3.05) is 5.33 Å². The fourth-order valence-corrected chi connectivity index (χ4v) is 8.68. The number of fused-ring (bicyclic) bond motifs is 5. The molecule has 0 amide bonds. The number of hydrogen-bond acceptors (Lipinski definition) is 1. The van der Waals surface area contributed by atoms with Gasteiger partial charge in [0.1, 0.15) is 0 Å². The van der Waals surface area contributed by atoms with E-state index in [1.807, 2.05) is 5.57 Å². The molecule has 4 aliphatic carbocycles. The van der Waals surface area contributed by atoms with Crippen molar-refractivity contribution in [3.63, 3.8) is 0 Å². The van der Waals surface area contributed by atoms with Crippen LogP contribution in [0.15, 0.2) is 23.3 Å². The van der Waals surface area contributed by atoms with Gasteiger partial charge in [0.15, 0.2) is 8.32 Å². The lowest BCUT2D eigenvalue weighted by Crippen LogP contribution is -2.42. The lowest BCUT2D eigenvalue weighted by molar-refractivity contribution is 0.0839. The van der Waals surface area contributed by atoms with Crippen LogP contribution in [0.1, 0.15) is 58.3 Å². The Bertz CT molecular complexity index is 604. The van der Waals surface area contributed by atoms with Crippen molar-refractivity contribution in [3.05, 3.63) is 23.3 Å². The van der Waals surface area contributed by atoms with Gasteiger partial charge in [-0.05, 0) is 100 Å². The normalized spacial score (nSPS) is 42.4. The Labute approximate surface area is 170 Å². The Balaban J connectivity index is 1.53. The van der Waals surface area contributed by atoms with Crippen LogP contribution in [0.3, 0.4) is 0 Å². The predicted octanol–water partition coefficient (Wildman–Crippen LogP) is 7.10. The Kier molecular flexibility index (Phi) is 5.38. The van der Waals surface area contributed by atoms with Crippen LogP contribution in [0.2, 0.25) is 19.6 Å². The Hall–Kier alpha value is 0.137. The molecule has 0 saturated heterocycles. The largest absolute Gasteiger partial charge is 0.414 e. The molecule has 6 atom stereocenters. The van der Waals surface area contributed by atoms with Gasteiger partial charge in [-0.1, -0.05) is 46.2 Å². The number of alkyl halides is 1. The minimum Gasteiger partial charge on any atom is -0.414 e. The number of hydrogen-bond donors (Lipinski definition) is 0. The molecule has 1 nitrogen and oxygen atoms in total. The van der Waals surface area contributed by atoms with E-state index in [1.165, 1.54) is 56.7 Å². The minimum absolute atomic E-state index is 0.489. The van der Waals surface area contributed by atoms with Gasteiger partial charge >= 0.3 is 0 Å². The monoisotopic (exact) mass is 436 g/mol. The second-order valence-electron chi connectivity index (χ2n) is 10.6. The molecule has 146 valence electrons. The maximum Gasteiger partial charge on any atom is 0.184 e. The van der Waals surface area contributed by atoms with Crippen molar-refractivity contribution in [2.24, 2.45) is 29.1 Å². The molecule has 0 spiro atoms. The average Bonchev–Trinajstić information content (AvgIpc) is 2.90. The molecule has 3 saturated carbocycles. The van der Waals surface area contributed by atoms with Gasteiger partial charge in [-0.15, -0.1) is 0 Å². The molecule has 0 aromatic rings. The van der Waals surface area contributed by atoms with E-state index in [1.54, 1.807) is 5.57 Å². The molecular formula is C23H37BrOSi. The first-order chi connectivity index (χ1) is 12.3. The molecule has 0 heterocycles. The fraction of sp³-hybridized carbons (Fsp3) is 0.826. The highest BCUT2D eigenvalue weighted by Gasteiger charge is 2.53. The highest BCUT2D eigenvalue weighted by molar-refractivity contribution is 9.09. The van der Waals surface area contributed by atoms with Crippen molar-refractivity contribution in [3.8, 4) is 0 Å². The zero-order chi connectivity index (χ0) is 18.5. The van der Waals surface area contributed by atoms with Crippen molar-refractivity contribution in [1.82, 2.24) is 0 Å². The molecule has 0 aromatic heterocycles. The van der Waals surface area contributed by atoms with E-state index in [-0.39, 0.29) is 0 Å². The van der Waals surface area contributed by atoms with Crippen LogP contribution in [-0.2, 0) is 4.43 Å². The van der Waals surface area contributed by atoms with Gasteiger partial charge in [-0.25, -0.2) is 0 Å². The summed E-state index contributed by atoms with van der Waals surface area (Å²) in [6.45, 7) is 9.61. The van der Waals surface area contributed by atoms with Gasteiger partial charge in [0.2, 0.25) is 0 Å². The molecule has 3 heteroatoms. The summed E-state index contributed by atoms with van der Waals surface area (Å²) in [5, 5.41) is 1.17. The second-order valence-corrected chi connectivity index (χ2v) is 15.9. The van der Waals surface area contributed by atoms with E-state index in [2.05, 4.69) is 54.6 Å². The van der Waals surface area contributed by atoms with Gasteiger partial charge in [0.05, 0.1) is 0 Å². The Morgan fingerprint density at radius 1 is 1.08 bits per heavy atom. The third-order valence-electron chi connectivity index (χ3n) is 8.05. The Morgan fingerprint density at radius 3 is 2.62 bits per heavy atom. The van der Waals surface area contributed by atoms with Crippen LogP contribution in [0.5, 0.6) is 0 Å². The van der Waals surface area contributed by atoms with Crippen molar-refractivity contribution < 1.29 is 4.43 Å². The maximum absolute atomic E-state index is 6.46. The van der Waals surface area contributed by atoms with Gasteiger partial charge in [-0.3, -0.25) is 0 Å². The summed E-state index contributed by atoms with van der Waals surface area (Å²) in [6.07, 6.45) is 16.6. The molecule has 0 aromatic carbocycles. The highest BCUT2D eigenvalue weighted by Crippen LogP contribution is 2.62. The van der Waals surface area contributed by atoms with Crippen LogP contribution >= 0.6 is 15.9 Å². The third kappa shape index (κ3) is 3.46. The van der Waals surface area contributed by atoms with Crippen molar-refractivity contribution in [2.45, 2.75) is 84.0 Å². The van der Waals surface area contributed by atoms with E-state index in [9.17, 15) is 0 Å². The first-order valence-corrected chi connectivity index (χ1v) is 15.5. The van der Waals surface area contributed by atoms with Crippen LogP contribution in [0.25, 0.3) is 0 Å². The first-order valence-electron chi connectivity index (χ1n) is 11.0. The van der Waals surface area contributed by atoms with Crippen LogP contribution in [0.4, 0.5) is 0 Å². The first kappa shape index (κ1) is 19.5. The molecule has 3 fully saturated rings. The molecule has 0 N–H and O–H groups in total. The van der Waals surface area contributed by atoms with Gasteiger partial charge < -0.3 is 4.43 Å². The smallest absolute Gasteiger partial charge is 0.184 e. The SMILES string of the molecule is CC12CCC3C(=CC=C4CC(O[Si](C)(C)C)CCC43)C1CCC2CCBr. The summed E-state index contributed by atoms with van der Waals surface area (Å²) < 4.78 is 6.46. The van der Waals surface area contributed by atoms with Gasteiger partial charge in [0, 0.05) is 11.4 Å². The van der Waals surface area contributed by atoms with E-state index in [0.717, 1.165) is 23.7 Å². The lowest BCUT2D eigenvalue weighted by atomic mass is 9.55. The van der Waals surface area contributed by atoms with Gasteiger partial charge in [-0.2, -0.15) is 0 Å². The molecule has 4 aliphatic rings. The number of rotatable bonds is 4. The second kappa shape index (κ2) is 7.19. The summed E-state index contributed by atoms with van der Waals surface area (Å²) in [4.78, 5) is 0. The quantitative estimate of drug-likeness (QED) is 0.337. The highest BCUT2D eigenvalue weighted by atomic mass is 79.9. The summed E-state index contributed by atoms with van der Waals surface area (Å²) in [5.74, 6) is 3.47. The summed E-state index contributed by atoms with van der Waals surface area (Å²) in [7, 11) is -1.43. The van der Waals surface area contributed by atoms with Crippen LogP contribution in [0, 0.1) is 29.1 Å². The molecular weight excluding hydrogens is 400 g/mol. The Morgan fingerprint density at radius 2 is 1.88 bits per heavy atom. The van der Waals surface area contributed by atoms with E-state index in [0.29, 0.717) is 11.5 Å². The summed E-state index contributed by atoms with van der Waals surface area (Å²) in [6, 6.07) is 0. The third-order valence-corrected chi connectivity index (χ3v) is 9.55. The lowest BCUT2D eigenvalue weighted by Gasteiger charge is -2.50. The van der Waals surface area contributed by atoms with Crippen LogP contribution < -0.4 is 0 Å². The number of allylic oxidation sites excluding steroid dienone is 3. The summed E-state index contributed by atoms with van der Waals surface area (Å²) >= 11 is 3.71. The molecule has 0 bridgehead atoms. The minimum atomic E-state index is -1.43. The maximum atomic E-state index is 6.46. The molecule has 0 aliphatic heterocycles. The van der Waals surface area contributed by atoms with Crippen molar-refractivity contribution in [1.29, 1.82) is 0 Å². The van der Waals surface area contributed by atoms with Crippen molar-refractivity contribution >= 4 is 24.2 Å². The summed E-state index contributed by atoms with van der Waals surface area (Å²) in [5.41, 5.74) is 4.13. The zero-order valence-electron chi connectivity index (χ0n) is 17.2. The van der Waals surface area contributed by atoms with Gasteiger partial charge in [0.25, 0.3) is 0 Å². The van der Waals surface area contributed by atoms with E-state index in [4.69, 9.17) is 4.43 Å². The molecule has 6 unspecified atom stereocenters. The molecule has 0 radical (unpaired) electrons. The fourth-order valence-electron chi connectivity index (χ4n) is 6.93. The standard InChI is InChI=1S/C23H37BrOSi/c1-23-13-11-20-19-9-7-18(25-26(2,3)4)15-16(19)5-8-21(20)22(23)10-6-17(23)12-14-24/h5,8,17-20,22H,6-7,9-15H2,1-4H3. The molecule has 26 heavy (non-hydrogen) atoms. The topological polar surface area (TPSA) is 9.23 Å². The number of halogens is 1.